The summed E-state index contributed by atoms with van der Waals surface area (Å²) in [5, 5.41) is 20.2. The van der Waals surface area contributed by atoms with Gasteiger partial charge in [-0.15, -0.1) is 0 Å². The van der Waals surface area contributed by atoms with Gasteiger partial charge in [0.25, 0.3) is 0 Å². The Morgan fingerprint density at radius 3 is 2.29 bits per heavy atom. The molecule has 17 heavy (non-hydrogen) atoms. The summed E-state index contributed by atoms with van der Waals surface area (Å²) in [5.41, 5.74) is 4.49. The van der Waals surface area contributed by atoms with Crippen LogP contribution in [0.3, 0.4) is 0 Å². The highest BCUT2D eigenvalue weighted by Gasteiger charge is 2.34. The highest BCUT2D eigenvalue weighted by molar-refractivity contribution is 4.84. The zero-order chi connectivity index (χ0) is 12.9. The summed E-state index contributed by atoms with van der Waals surface area (Å²) >= 11 is 0. The first-order valence-corrected chi connectivity index (χ1v) is 7.11. The minimum atomic E-state index is -1.39. The lowest BCUT2D eigenvalue weighted by atomic mass is 9.81. The molecule has 0 aliphatic heterocycles. The maximum absolute atomic E-state index is 10.2. The zero-order valence-electron chi connectivity index (χ0n) is 11.4. The highest BCUT2D eigenvalue weighted by Crippen LogP contribution is 2.31. The van der Waals surface area contributed by atoms with E-state index < -0.39 is 11.8 Å². The number of hydrogen-bond acceptors (Lipinski definition) is 3. The molecule has 102 valence electrons. The molecule has 0 aromatic rings. The average molecular weight is 243 g/mol. The molecule has 3 heteroatoms. The van der Waals surface area contributed by atoms with Gasteiger partial charge in [0, 0.05) is 0 Å². The summed E-state index contributed by atoms with van der Waals surface area (Å²) in [6.07, 6.45) is 7.34. The molecule has 1 aliphatic carbocycles. The molecule has 3 nitrogen and oxygen atoms in total. The summed E-state index contributed by atoms with van der Waals surface area (Å²) in [6.45, 7) is 4.23. The van der Waals surface area contributed by atoms with Gasteiger partial charge < -0.3 is 15.9 Å². The predicted octanol–water partition coefficient (Wildman–Crippen LogP) is 2.40. The molecular weight excluding hydrogens is 214 g/mol. The second-order valence-electron chi connectivity index (χ2n) is 6.19. The fourth-order valence-electron chi connectivity index (χ4n) is 2.73. The lowest BCUT2D eigenvalue weighted by molar-refractivity contribution is -0.0918. The Balaban J connectivity index is 2.36. The second kappa shape index (κ2) is 6.72. The van der Waals surface area contributed by atoms with E-state index in [-0.39, 0.29) is 0 Å². The van der Waals surface area contributed by atoms with Crippen LogP contribution in [0.5, 0.6) is 0 Å². The van der Waals surface area contributed by atoms with Crippen LogP contribution in [0.25, 0.3) is 0 Å². The molecule has 4 N–H and O–H groups in total. The third-order valence-corrected chi connectivity index (χ3v) is 3.93. The summed E-state index contributed by atoms with van der Waals surface area (Å²) in [6, 6.07) is 0. The van der Waals surface area contributed by atoms with Gasteiger partial charge in [0.1, 0.15) is 5.72 Å². The smallest absolute Gasteiger partial charge is 0.139 e. The number of aliphatic hydroxyl groups is 2. The molecule has 0 aromatic carbocycles. The van der Waals surface area contributed by atoms with Gasteiger partial charge in [0.15, 0.2) is 0 Å². The quantitative estimate of drug-likeness (QED) is 0.628. The number of nitrogens with two attached hydrogens (primary N) is 1. The van der Waals surface area contributed by atoms with Crippen molar-refractivity contribution in [2.24, 2.45) is 17.6 Å². The fraction of sp³-hybridized carbons (Fsp3) is 1.00. The van der Waals surface area contributed by atoms with Gasteiger partial charge in [-0.25, -0.2) is 0 Å². The normalized spacial score (nSPS) is 23.6. The Morgan fingerprint density at radius 1 is 1.18 bits per heavy atom. The van der Waals surface area contributed by atoms with E-state index in [1.54, 1.807) is 0 Å². The Labute approximate surface area is 105 Å². The SMILES string of the molecule is CC(C)CCC(O)C(N)(O)CC1CCCCC1. The number of hydrogen-bond donors (Lipinski definition) is 3. The van der Waals surface area contributed by atoms with Crippen LogP contribution in [0.1, 0.15) is 65.2 Å². The molecular formula is C14H29NO2. The van der Waals surface area contributed by atoms with Crippen molar-refractivity contribution in [2.45, 2.75) is 77.0 Å². The predicted molar refractivity (Wildman–Crippen MR) is 70.4 cm³/mol. The van der Waals surface area contributed by atoms with Crippen molar-refractivity contribution in [3.63, 3.8) is 0 Å². The minimum Gasteiger partial charge on any atom is -0.389 e. The van der Waals surface area contributed by atoms with E-state index in [4.69, 9.17) is 5.73 Å². The minimum absolute atomic E-state index is 0.493. The highest BCUT2D eigenvalue weighted by atomic mass is 16.4. The van der Waals surface area contributed by atoms with Gasteiger partial charge in [0.2, 0.25) is 0 Å². The Bertz CT molecular complexity index is 210. The third-order valence-electron chi connectivity index (χ3n) is 3.93. The van der Waals surface area contributed by atoms with Crippen LogP contribution >= 0.6 is 0 Å². The van der Waals surface area contributed by atoms with E-state index in [2.05, 4.69) is 13.8 Å². The molecule has 2 atom stereocenters. The maximum Gasteiger partial charge on any atom is 0.139 e. The maximum atomic E-state index is 10.2. The lowest BCUT2D eigenvalue weighted by Gasteiger charge is -2.34. The summed E-state index contributed by atoms with van der Waals surface area (Å²) in [7, 11) is 0. The first-order chi connectivity index (χ1) is 7.92. The van der Waals surface area contributed by atoms with Crippen LogP contribution in [0.4, 0.5) is 0 Å². The van der Waals surface area contributed by atoms with Crippen molar-refractivity contribution in [1.29, 1.82) is 0 Å². The van der Waals surface area contributed by atoms with Crippen LogP contribution in [0.2, 0.25) is 0 Å². The molecule has 0 radical (unpaired) electrons. The zero-order valence-corrected chi connectivity index (χ0v) is 11.4. The van der Waals surface area contributed by atoms with Gasteiger partial charge >= 0.3 is 0 Å². The van der Waals surface area contributed by atoms with Gasteiger partial charge in [-0.2, -0.15) is 0 Å². The van der Waals surface area contributed by atoms with Gasteiger partial charge in [0.05, 0.1) is 6.10 Å². The second-order valence-corrected chi connectivity index (χ2v) is 6.19. The molecule has 0 amide bonds. The monoisotopic (exact) mass is 243 g/mol. The third kappa shape index (κ3) is 5.36. The molecule has 0 saturated heterocycles. The summed E-state index contributed by atoms with van der Waals surface area (Å²) < 4.78 is 0. The Kier molecular flexibility index (Phi) is 5.90. The van der Waals surface area contributed by atoms with E-state index in [1.807, 2.05) is 0 Å². The van der Waals surface area contributed by atoms with Crippen molar-refractivity contribution in [1.82, 2.24) is 0 Å². The van der Waals surface area contributed by atoms with E-state index >= 15 is 0 Å². The molecule has 0 bridgehead atoms. The van der Waals surface area contributed by atoms with Crippen LogP contribution in [-0.4, -0.2) is 22.0 Å². The van der Waals surface area contributed by atoms with Gasteiger partial charge in [-0.3, -0.25) is 0 Å². The largest absolute Gasteiger partial charge is 0.389 e. The molecule has 0 spiro atoms. The molecule has 1 saturated carbocycles. The van der Waals surface area contributed by atoms with Crippen molar-refractivity contribution in [3.8, 4) is 0 Å². The van der Waals surface area contributed by atoms with Crippen LogP contribution in [-0.2, 0) is 0 Å². The van der Waals surface area contributed by atoms with E-state index in [9.17, 15) is 10.2 Å². The Morgan fingerprint density at radius 2 is 1.76 bits per heavy atom. The van der Waals surface area contributed by atoms with E-state index in [1.165, 1.54) is 19.3 Å². The lowest BCUT2D eigenvalue weighted by Crippen LogP contribution is -2.52. The molecule has 1 rings (SSSR count). The van der Waals surface area contributed by atoms with Gasteiger partial charge in [-0.1, -0.05) is 46.0 Å². The first kappa shape index (κ1) is 14.9. The van der Waals surface area contributed by atoms with Crippen molar-refractivity contribution < 1.29 is 10.2 Å². The van der Waals surface area contributed by atoms with E-state index in [0.717, 1.165) is 19.3 Å². The summed E-state index contributed by atoms with van der Waals surface area (Å²) in [5.74, 6) is 1.03. The molecule has 0 heterocycles. The van der Waals surface area contributed by atoms with Crippen LogP contribution in [0, 0.1) is 11.8 Å². The number of rotatable bonds is 6. The van der Waals surface area contributed by atoms with Crippen LogP contribution in [0.15, 0.2) is 0 Å². The Hall–Kier alpha value is -0.120. The molecule has 1 fully saturated rings. The van der Waals surface area contributed by atoms with Crippen molar-refractivity contribution in [2.75, 3.05) is 0 Å². The van der Waals surface area contributed by atoms with Gasteiger partial charge in [-0.05, 0) is 31.1 Å². The van der Waals surface area contributed by atoms with Crippen molar-refractivity contribution in [3.05, 3.63) is 0 Å². The topological polar surface area (TPSA) is 66.5 Å². The molecule has 0 aromatic heterocycles. The van der Waals surface area contributed by atoms with E-state index in [0.29, 0.717) is 24.7 Å². The van der Waals surface area contributed by atoms with Crippen LogP contribution < -0.4 is 5.73 Å². The molecule has 1 aliphatic rings. The molecule has 2 unspecified atom stereocenters. The summed E-state index contributed by atoms with van der Waals surface area (Å²) in [4.78, 5) is 0. The van der Waals surface area contributed by atoms with Crippen molar-refractivity contribution >= 4 is 0 Å². The average Bonchev–Trinajstić information content (AvgIpc) is 2.26. The standard InChI is InChI=1S/C14H29NO2/c1-11(2)8-9-13(16)14(15,17)10-12-6-4-3-5-7-12/h11-13,16-17H,3-10,15H2,1-2H3. The number of aliphatic hydroxyl groups excluding tert-OH is 1. The fourth-order valence-corrected chi connectivity index (χ4v) is 2.73. The first-order valence-electron chi connectivity index (χ1n) is 7.11.